The van der Waals surface area contributed by atoms with E-state index < -0.39 is 0 Å². The summed E-state index contributed by atoms with van der Waals surface area (Å²) in [7, 11) is 0. The molecule has 2 aromatic carbocycles. The number of fused-ring (bicyclic) bond motifs is 2. The molecule has 0 unspecified atom stereocenters. The van der Waals surface area contributed by atoms with Crippen molar-refractivity contribution in [2.45, 2.75) is 6.54 Å². The molecule has 1 N–H and O–H groups in total. The molecule has 0 saturated carbocycles. The molecule has 0 fully saturated rings. The SMILES string of the molecule is [O-][n+]1cc(Cl)ccc1Cn1nccc1-c1cc(Cl)c2nnn(-c3ccc4cn[nH]c4c3)c2c1. The first kappa shape index (κ1) is 19.7. The van der Waals surface area contributed by atoms with Gasteiger partial charge in [0.1, 0.15) is 17.1 Å². The van der Waals surface area contributed by atoms with Crippen LogP contribution in [0, 0.1) is 5.21 Å². The van der Waals surface area contributed by atoms with Crippen LogP contribution in [0.2, 0.25) is 10.0 Å². The van der Waals surface area contributed by atoms with Gasteiger partial charge in [0.05, 0.1) is 33.6 Å². The van der Waals surface area contributed by atoms with Crippen molar-refractivity contribution in [2.75, 3.05) is 0 Å². The zero-order valence-electron chi connectivity index (χ0n) is 16.9. The van der Waals surface area contributed by atoms with E-state index in [2.05, 4.69) is 25.6 Å². The fraction of sp³-hybridized carbons (Fsp3) is 0.0455. The number of hydrogen-bond acceptors (Lipinski definition) is 5. The van der Waals surface area contributed by atoms with Crippen LogP contribution in [0.1, 0.15) is 5.69 Å². The molecule has 0 saturated heterocycles. The van der Waals surface area contributed by atoms with Crippen LogP contribution >= 0.6 is 23.2 Å². The fourth-order valence-corrected chi connectivity index (χ4v) is 4.25. The normalized spacial score (nSPS) is 11.6. The molecule has 11 heteroatoms. The lowest BCUT2D eigenvalue weighted by atomic mass is 10.1. The van der Waals surface area contributed by atoms with Gasteiger partial charge in [-0.1, -0.05) is 28.4 Å². The van der Waals surface area contributed by atoms with Crippen LogP contribution in [0.4, 0.5) is 0 Å². The average molecular weight is 477 g/mol. The average Bonchev–Trinajstić information content (AvgIpc) is 3.54. The third-order valence-electron chi connectivity index (χ3n) is 5.46. The summed E-state index contributed by atoms with van der Waals surface area (Å²) < 4.78 is 4.21. The van der Waals surface area contributed by atoms with Gasteiger partial charge in [0.15, 0.2) is 6.20 Å². The molecule has 9 nitrogen and oxygen atoms in total. The second kappa shape index (κ2) is 7.58. The lowest BCUT2D eigenvalue weighted by Crippen LogP contribution is -2.32. The summed E-state index contributed by atoms with van der Waals surface area (Å²) in [6.45, 7) is 0.270. The molecule has 0 radical (unpaired) electrons. The molecule has 0 aliphatic carbocycles. The number of hydrogen-bond donors (Lipinski definition) is 1. The molecule has 162 valence electrons. The molecular weight excluding hydrogens is 463 g/mol. The van der Waals surface area contributed by atoms with Crippen LogP contribution in [0.3, 0.4) is 0 Å². The fourth-order valence-electron chi connectivity index (χ4n) is 3.84. The van der Waals surface area contributed by atoms with Gasteiger partial charge in [0.25, 0.3) is 0 Å². The number of nitrogens with zero attached hydrogens (tertiary/aromatic N) is 7. The first-order valence-electron chi connectivity index (χ1n) is 9.95. The van der Waals surface area contributed by atoms with Crippen LogP contribution in [0.5, 0.6) is 0 Å². The van der Waals surface area contributed by atoms with Crippen LogP contribution in [0.15, 0.2) is 67.1 Å². The summed E-state index contributed by atoms with van der Waals surface area (Å²) in [5, 5.41) is 34.1. The second-order valence-electron chi connectivity index (χ2n) is 7.51. The molecule has 33 heavy (non-hydrogen) atoms. The predicted molar refractivity (Wildman–Crippen MR) is 124 cm³/mol. The number of pyridine rings is 1. The van der Waals surface area contributed by atoms with E-state index in [4.69, 9.17) is 23.2 Å². The molecular formula is C22H14Cl2N8O. The summed E-state index contributed by atoms with van der Waals surface area (Å²) in [6, 6.07) is 14.9. The summed E-state index contributed by atoms with van der Waals surface area (Å²) in [4.78, 5) is 0. The molecule has 4 heterocycles. The molecule has 6 rings (SSSR count). The van der Waals surface area contributed by atoms with Crippen molar-refractivity contribution in [3.8, 4) is 16.9 Å². The highest BCUT2D eigenvalue weighted by Crippen LogP contribution is 2.31. The van der Waals surface area contributed by atoms with Crippen molar-refractivity contribution in [1.82, 2.24) is 35.0 Å². The summed E-state index contributed by atoms with van der Waals surface area (Å²) >= 11 is 12.5. The van der Waals surface area contributed by atoms with Gasteiger partial charge >= 0.3 is 0 Å². The Morgan fingerprint density at radius 1 is 1.06 bits per heavy atom. The lowest BCUT2D eigenvalue weighted by Gasteiger charge is -2.10. The largest absolute Gasteiger partial charge is 0.618 e. The van der Waals surface area contributed by atoms with Gasteiger partial charge in [0, 0.05) is 23.2 Å². The summed E-state index contributed by atoms with van der Waals surface area (Å²) in [6.07, 6.45) is 4.77. The number of nitrogens with one attached hydrogen (secondary N) is 1. The highest BCUT2D eigenvalue weighted by atomic mass is 35.5. The third-order valence-corrected chi connectivity index (χ3v) is 5.97. The third kappa shape index (κ3) is 3.38. The lowest BCUT2D eigenvalue weighted by molar-refractivity contribution is -0.614. The van der Waals surface area contributed by atoms with Crippen molar-refractivity contribution in [1.29, 1.82) is 0 Å². The van der Waals surface area contributed by atoms with Crippen molar-refractivity contribution >= 4 is 45.1 Å². The molecule has 0 spiro atoms. The minimum absolute atomic E-state index is 0.270. The van der Waals surface area contributed by atoms with Gasteiger partial charge in [-0.25, -0.2) is 4.68 Å². The first-order chi connectivity index (χ1) is 16.1. The number of H-pyrrole nitrogens is 1. The van der Waals surface area contributed by atoms with E-state index in [1.54, 1.807) is 33.9 Å². The van der Waals surface area contributed by atoms with Crippen LogP contribution in [-0.4, -0.2) is 35.0 Å². The standard InChI is InChI=1S/C22H14Cl2N8O/c23-15-2-4-17(31(33)11-15)12-30-20(5-6-26-30)14-7-18(24)22-21(8-14)32(29-28-22)16-3-1-13-10-25-27-19(13)9-16/h1-11H,12H2,(H,25,27). The minimum atomic E-state index is 0.270. The zero-order chi connectivity index (χ0) is 22.5. The van der Waals surface area contributed by atoms with Gasteiger partial charge in [0.2, 0.25) is 5.69 Å². The molecule has 0 amide bonds. The zero-order valence-corrected chi connectivity index (χ0v) is 18.4. The maximum atomic E-state index is 12.2. The smallest absolute Gasteiger partial charge is 0.214 e. The highest BCUT2D eigenvalue weighted by molar-refractivity contribution is 6.35. The summed E-state index contributed by atoms with van der Waals surface area (Å²) in [5.74, 6) is 0. The quantitative estimate of drug-likeness (QED) is 0.304. The van der Waals surface area contributed by atoms with Crippen LogP contribution < -0.4 is 4.73 Å². The second-order valence-corrected chi connectivity index (χ2v) is 8.35. The molecule has 6 aromatic rings. The van der Waals surface area contributed by atoms with Gasteiger partial charge < -0.3 is 5.21 Å². The number of aromatic nitrogens is 8. The summed E-state index contributed by atoms with van der Waals surface area (Å²) in [5.41, 5.74) is 5.18. The van der Waals surface area contributed by atoms with Gasteiger partial charge in [-0.2, -0.15) is 14.9 Å². The predicted octanol–water partition coefficient (Wildman–Crippen LogP) is 4.15. The van der Waals surface area contributed by atoms with E-state index in [0.717, 1.165) is 38.1 Å². The van der Waals surface area contributed by atoms with Crippen LogP contribution in [-0.2, 0) is 6.54 Å². The monoisotopic (exact) mass is 476 g/mol. The highest BCUT2D eigenvalue weighted by Gasteiger charge is 2.17. The van der Waals surface area contributed by atoms with E-state index in [1.807, 2.05) is 36.4 Å². The topological polar surface area (TPSA) is 104 Å². The van der Waals surface area contributed by atoms with Crippen molar-refractivity contribution < 1.29 is 4.73 Å². The molecule has 0 atom stereocenters. The van der Waals surface area contributed by atoms with E-state index in [9.17, 15) is 5.21 Å². The Morgan fingerprint density at radius 3 is 2.85 bits per heavy atom. The van der Waals surface area contributed by atoms with E-state index in [0.29, 0.717) is 21.3 Å². The Labute approximate surface area is 196 Å². The van der Waals surface area contributed by atoms with Crippen molar-refractivity contribution in [3.05, 3.63) is 88.1 Å². The maximum Gasteiger partial charge on any atom is 0.214 e. The Bertz CT molecular complexity index is 1650. The minimum Gasteiger partial charge on any atom is -0.618 e. The Kier molecular flexibility index (Phi) is 4.53. The van der Waals surface area contributed by atoms with Crippen molar-refractivity contribution in [2.24, 2.45) is 0 Å². The van der Waals surface area contributed by atoms with Crippen LogP contribution in [0.25, 0.3) is 38.9 Å². The molecule has 0 aliphatic rings. The van der Waals surface area contributed by atoms with E-state index in [-0.39, 0.29) is 6.54 Å². The van der Waals surface area contributed by atoms with Crippen molar-refractivity contribution in [3.63, 3.8) is 0 Å². The molecule has 0 aliphatic heterocycles. The number of aromatic amines is 1. The van der Waals surface area contributed by atoms with Gasteiger partial charge in [-0.05, 0) is 42.5 Å². The number of rotatable bonds is 4. The number of halogens is 2. The molecule has 0 bridgehead atoms. The first-order valence-corrected chi connectivity index (χ1v) is 10.7. The van der Waals surface area contributed by atoms with Gasteiger partial charge in [-0.15, -0.1) is 5.10 Å². The maximum absolute atomic E-state index is 12.2. The van der Waals surface area contributed by atoms with Gasteiger partial charge in [-0.3, -0.25) is 9.78 Å². The Balaban J connectivity index is 1.45. The Hall–Kier alpha value is -3.95. The Morgan fingerprint density at radius 2 is 1.97 bits per heavy atom. The molecule has 4 aromatic heterocycles. The number of benzene rings is 2. The van der Waals surface area contributed by atoms with E-state index in [1.165, 1.54) is 6.20 Å². The van der Waals surface area contributed by atoms with E-state index >= 15 is 0 Å².